The molecule has 0 saturated carbocycles. The van der Waals surface area contributed by atoms with E-state index >= 15 is 0 Å². The van der Waals surface area contributed by atoms with Crippen LogP contribution in [-0.4, -0.2) is 6.29 Å². The lowest BCUT2D eigenvalue weighted by Gasteiger charge is -2.20. The molecule has 1 heterocycles. The fourth-order valence-corrected chi connectivity index (χ4v) is 2.64. The highest BCUT2D eigenvalue weighted by Crippen LogP contribution is 2.32. The second-order valence-electron chi connectivity index (χ2n) is 4.42. The van der Waals surface area contributed by atoms with Gasteiger partial charge in [-0.15, -0.1) is 0 Å². The number of anilines is 1. The van der Waals surface area contributed by atoms with Gasteiger partial charge < -0.3 is 4.90 Å². The molecule has 0 atom stereocenters. The number of aldehydes is 1. The molecule has 0 unspecified atom stereocenters. The van der Waals surface area contributed by atoms with Crippen molar-refractivity contribution in [3.05, 3.63) is 64.2 Å². The van der Waals surface area contributed by atoms with E-state index in [9.17, 15) is 4.79 Å². The number of hydrogen-bond donors (Lipinski definition) is 0. The van der Waals surface area contributed by atoms with Crippen LogP contribution in [0.1, 0.15) is 21.5 Å². The maximum Gasteiger partial charge on any atom is 0.153 e. The maximum absolute atomic E-state index is 11.2. The summed E-state index contributed by atoms with van der Waals surface area (Å²) in [7, 11) is 0. The number of halogens is 1. The van der Waals surface area contributed by atoms with E-state index in [0.29, 0.717) is 10.6 Å². The van der Waals surface area contributed by atoms with Crippen LogP contribution in [0.4, 0.5) is 5.69 Å². The molecule has 90 valence electrons. The Bertz CT molecular complexity index is 584. The summed E-state index contributed by atoms with van der Waals surface area (Å²) in [6.07, 6.45) is 0.834. The molecule has 3 heteroatoms. The summed E-state index contributed by atoms with van der Waals surface area (Å²) in [6, 6.07) is 13.9. The first-order valence-corrected chi connectivity index (χ1v) is 6.23. The fourth-order valence-electron chi connectivity index (χ4n) is 2.42. The minimum atomic E-state index is 0.512. The molecule has 0 amide bonds. The molecular formula is C15H12ClNO. The molecular weight excluding hydrogens is 246 g/mol. The van der Waals surface area contributed by atoms with Crippen LogP contribution in [-0.2, 0) is 13.1 Å². The first-order valence-electron chi connectivity index (χ1n) is 5.85. The predicted octanol–water partition coefficient (Wildman–Crippen LogP) is 3.67. The zero-order valence-corrected chi connectivity index (χ0v) is 10.5. The van der Waals surface area contributed by atoms with Crippen LogP contribution >= 0.6 is 11.6 Å². The van der Waals surface area contributed by atoms with E-state index in [1.165, 1.54) is 11.1 Å². The number of benzene rings is 2. The standard InChI is InChI=1S/C15H12ClNO/c16-14-6-3-7-15(13(14)10-18)17-8-11-4-1-2-5-12(11)9-17/h1-7,10H,8-9H2. The summed E-state index contributed by atoms with van der Waals surface area (Å²) in [6.45, 7) is 1.66. The molecule has 0 bridgehead atoms. The number of nitrogens with zero attached hydrogens (tertiary/aromatic N) is 1. The molecule has 0 aromatic heterocycles. The Labute approximate surface area is 111 Å². The minimum Gasteiger partial charge on any atom is -0.362 e. The summed E-state index contributed by atoms with van der Waals surface area (Å²) < 4.78 is 0. The average molecular weight is 258 g/mol. The van der Waals surface area contributed by atoms with Crippen molar-refractivity contribution in [3.63, 3.8) is 0 Å². The SMILES string of the molecule is O=Cc1c(Cl)cccc1N1Cc2ccccc2C1. The van der Waals surface area contributed by atoms with E-state index in [-0.39, 0.29) is 0 Å². The van der Waals surface area contributed by atoms with Crippen LogP contribution in [0, 0.1) is 0 Å². The highest BCUT2D eigenvalue weighted by atomic mass is 35.5. The molecule has 2 aromatic carbocycles. The van der Waals surface area contributed by atoms with Gasteiger partial charge in [0.05, 0.1) is 10.6 Å². The average Bonchev–Trinajstić information content (AvgIpc) is 2.82. The van der Waals surface area contributed by atoms with Gasteiger partial charge in [0.1, 0.15) is 0 Å². The number of hydrogen-bond acceptors (Lipinski definition) is 2. The van der Waals surface area contributed by atoms with Gasteiger partial charge in [0.15, 0.2) is 6.29 Å². The Kier molecular flexibility index (Phi) is 2.80. The summed E-state index contributed by atoms with van der Waals surface area (Å²) in [4.78, 5) is 13.3. The van der Waals surface area contributed by atoms with Crippen molar-refractivity contribution in [2.45, 2.75) is 13.1 Å². The van der Waals surface area contributed by atoms with Crippen molar-refractivity contribution < 1.29 is 4.79 Å². The van der Waals surface area contributed by atoms with Crippen molar-refractivity contribution in [1.82, 2.24) is 0 Å². The van der Waals surface area contributed by atoms with Gasteiger partial charge in [-0.1, -0.05) is 41.9 Å². The molecule has 1 aliphatic heterocycles. The summed E-state index contributed by atoms with van der Waals surface area (Å²) in [5, 5.41) is 0.512. The molecule has 0 spiro atoms. The lowest BCUT2D eigenvalue weighted by molar-refractivity contribution is 0.112. The monoisotopic (exact) mass is 257 g/mol. The Hall–Kier alpha value is -1.80. The van der Waals surface area contributed by atoms with Crippen LogP contribution in [0.25, 0.3) is 0 Å². The van der Waals surface area contributed by atoms with Crippen molar-refractivity contribution in [1.29, 1.82) is 0 Å². The van der Waals surface area contributed by atoms with Crippen molar-refractivity contribution in [2.75, 3.05) is 4.90 Å². The molecule has 0 N–H and O–H groups in total. The van der Waals surface area contributed by atoms with Crippen molar-refractivity contribution in [2.24, 2.45) is 0 Å². The number of carbonyl (C=O) groups is 1. The molecule has 1 aliphatic rings. The molecule has 2 nitrogen and oxygen atoms in total. The van der Waals surface area contributed by atoms with E-state index in [0.717, 1.165) is 25.1 Å². The first kappa shape index (κ1) is 11.3. The lowest BCUT2D eigenvalue weighted by Crippen LogP contribution is -2.16. The molecule has 0 fully saturated rings. The van der Waals surface area contributed by atoms with Gasteiger partial charge in [0.2, 0.25) is 0 Å². The van der Waals surface area contributed by atoms with E-state index < -0.39 is 0 Å². The Morgan fingerprint density at radius 3 is 2.28 bits per heavy atom. The van der Waals surface area contributed by atoms with Gasteiger partial charge in [-0.05, 0) is 23.3 Å². The zero-order chi connectivity index (χ0) is 12.5. The normalized spacial score (nSPS) is 13.5. The van der Waals surface area contributed by atoms with Gasteiger partial charge in [-0.2, -0.15) is 0 Å². The van der Waals surface area contributed by atoms with Gasteiger partial charge in [-0.3, -0.25) is 4.79 Å². The van der Waals surface area contributed by atoms with Crippen molar-refractivity contribution >= 4 is 23.6 Å². The van der Waals surface area contributed by atoms with Crippen LogP contribution in [0.3, 0.4) is 0 Å². The predicted molar refractivity (Wildman–Crippen MR) is 73.2 cm³/mol. The minimum absolute atomic E-state index is 0.512. The third-order valence-corrected chi connectivity index (χ3v) is 3.66. The quantitative estimate of drug-likeness (QED) is 0.765. The number of fused-ring (bicyclic) bond motifs is 1. The van der Waals surface area contributed by atoms with Crippen LogP contribution in [0.15, 0.2) is 42.5 Å². The number of rotatable bonds is 2. The molecule has 18 heavy (non-hydrogen) atoms. The number of carbonyl (C=O) groups excluding carboxylic acids is 1. The lowest BCUT2D eigenvalue weighted by atomic mass is 10.1. The topological polar surface area (TPSA) is 20.3 Å². The second-order valence-corrected chi connectivity index (χ2v) is 4.82. The molecule has 3 rings (SSSR count). The van der Waals surface area contributed by atoms with Crippen molar-refractivity contribution in [3.8, 4) is 0 Å². The van der Waals surface area contributed by atoms with Gasteiger partial charge in [0, 0.05) is 18.8 Å². The summed E-state index contributed by atoms with van der Waals surface area (Å²) in [5.74, 6) is 0. The van der Waals surface area contributed by atoms with E-state index in [1.54, 1.807) is 6.07 Å². The molecule has 0 saturated heterocycles. The third-order valence-electron chi connectivity index (χ3n) is 3.33. The second kappa shape index (κ2) is 4.46. The molecule has 0 aliphatic carbocycles. The Balaban J connectivity index is 2.00. The van der Waals surface area contributed by atoms with Crippen LogP contribution < -0.4 is 4.90 Å². The van der Waals surface area contributed by atoms with Gasteiger partial charge in [0.25, 0.3) is 0 Å². The van der Waals surface area contributed by atoms with Gasteiger partial charge in [-0.25, -0.2) is 0 Å². The first-order chi connectivity index (χ1) is 8.79. The molecule has 2 aromatic rings. The van der Waals surface area contributed by atoms with E-state index in [1.807, 2.05) is 24.3 Å². The largest absolute Gasteiger partial charge is 0.362 e. The smallest absolute Gasteiger partial charge is 0.153 e. The van der Waals surface area contributed by atoms with Crippen LogP contribution in [0.2, 0.25) is 5.02 Å². The Morgan fingerprint density at radius 1 is 1.00 bits per heavy atom. The summed E-state index contributed by atoms with van der Waals surface area (Å²) >= 11 is 6.06. The fraction of sp³-hybridized carbons (Fsp3) is 0.133. The summed E-state index contributed by atoms with van der Waals surface area (Å²) in [5.41, 5.74) is 4.12. The van der Waals surface area contributed by atoms with E-state index in [4.69, 9.17) is 11.6 Å². The van der Waals surface area contributed by atoms with Crippen LogP contribution in [0.5, 0.6) is 0 Å². The van der Waals surface area contributed by atoms with Gasteiger partial charge >= 0.3 is 0 Å². The highest BCUT2D eigenvalue weighted by molar-refractivity contribution is 6.33. The maximum atomic E-state index is 11.2. The van der Waals surface area contributed by atoms with E-state index in [2.05, 4.69) is 17.0 Å². The third kappa shape index (κ3) is 1.79. The highest BCUT2D eigenvalue weighted by Gasteiger charge is 2.21. The Morgan fingerprint density at radius 2 is 1.67 bits per heavy atom. The molecule has 0 radical (unpaired) electrons. The zero-order valence-electron chi connectivity index (χ0n) is 9.77.